The minimum Gasteiger partial charge on any atom is -0.508 e. The number of ether oxygens (including phenoxy) is 4. The molecule has 0 aliphatic rings. The summed E-state index contributed by atoms with van der Waals surface area (Å²) in [4.78, 5) is 56.2. The second kappa shape index (κ2) is 28.0. The van der Waals surface area contributed by atoms with E-state index in [1.54, 1.807) is 0 Å². The van der Waals surface area contributed by atoms with E-state index in [-0.39, 0.29) is 79.8 Å². The van der Waals surface area contributed by atoms with Gasteiger partial charge in [0.25, 0.3) is 0 Å². The number of benzene rings is 3. The number of esters is 4. The Morgan fingerprint density at radius 2 is 0.628 bits per heavy atom. The number of hydrogen-bond acceptors (Lipinski definition) is 12. The molecule has 0 saturated carbocycles. The van der Waals surface area contributed by atoms with Crippen molar-refractivity contribution in [3.63, 3.8) is 0 Å². The van der Waals surface area contributed by atoms with Gasteiger partial charge in [0.05, 0.1) is 0 Å². The fourth-order valence-electron chi connectivity index (χ4n) is 9.89. The third-order valence-corrected chi connectivity index (χ3v) is 15.9. The van der Waals surface area contributed by atoms with Gasteiger partial charge in [-0.3, -0.25) is 19.2 Å². The molecule has 3 rings (SSSR count). The van der Waals surface area contributed by atoms with Crippen LogP contribution in [0.15, 0.2) is 71.5 Å². The van der Waals surface area contributed by atoms with E-state index in [1.807, 2.05) is 216 Å². The Hall–Kier alpha value is -6.04. The van der Waals surface area contributed by atoms with Gasteiger partial charge >= 0.3 is 23.9 Å². The lowest BCUT2D eigenvalue weighted by Gasteiger charge is -2.32. The third kappa shape index (κ3) is 21.7. The number of allylic oxidation sites excluding steroid dienone is 4. The number of aryl methyl sites for hydroxylation is 3. The molecule has 3 aromatic rings. The Morgan fingerprint density at radius 3 is 0.837 bits per heavy atom. The first-order chi connectivity index (χ1) is 38.8. The zero-order valence-electron chi connectivity index (χ0n) is 57.8. The Balaban J connectivity index is 2.13. The number of aliphatic hydroxyl groups is 1. The lowest BCUT2D eigenvalue weighted by atomic mass is 9.78. The average Bonchev–Trinajstić information content (AvgIpc) is 3.34. The van der Waals surface area contributed by atoms with E-state index in [9.17, 15) is 39.6 Å². The van der Waals surface area contributed by atoms with Crippen molar-refractivity contribution < 1.29 is 58.6 Å². The van der Waals surface area contributed by atoms with Crippen molar-refractivity contribution in [1.82, 2.24) is 0 Å². The minimum absolute atomic E-state index is 0.0704. The fourth-order valence-corrected chi connectivity index (χ4v) is 9.89. The monoisotopic (exact) mass is 1190 g/mol. The van der Waals surface area contributed by atoms with Crippen LogP contribution in [0.25, 0.3) is 0 Å². The molecule has 0 aliphatic heterocycles. The first-order valence-corrected chi connectivity index (χ1v) is 30.8. The van der Waals surface area contributed by atoms with Gasteiger partial charge in [0.2, 0.25) is 0 Å². The second-order valence-corrected chi connectivity index (χ2v) is 32.5. The van der Waals surface area contributed by atoms with Gasteiger partial charge in [-0.05, 0) is 137 Å². The standard InChI is InChI=1S/C74H112O12/c1-46(35-51(67(6,7)8)62(79)47(2)66(3,4)5)27-31-58(75)83-42-74(43-84-59(76)32-28-48-36-52(68(9,10)11)63(80)53(37-48)69(12,13)14,44-85-60(77)33-29-49-38-54(70(15,16)17)64(81)55(39-49)71(18,19)20)45-86-61(78)34-30-50-40-56(72(21,22)23)65(82)57(41-50)73(24,25)26/h35-41,79-82H,1,27-34,42-45H2,2-26H3/b51-35+,62-47-. The van der Waals surface area contributed by atoms with Gasteiger partial charge in [-0.2, -0.15) is 0 Å². The summed E-state index contributed by atoms with van der Waals surface area (Å²) >= 11 is 0. The van der Waals surface area contributed by atoms with E-state index in [2.05, 4.69) is 6.58 Å². The molecule has 3 aromatic carbocycles. The Morgan fingerprint density at radius 1 is 0.395 bits per heavy atom. The molecule has 12 nitrogen and oxygen atoms in total. The van der Waals surface area contributed by atoms with Crippen LogP contribution >= 0.6 is 0 Å². The highest BCUT2D eigenvalue weighted by Crippen LogP contribution is 2.44. The van der Waals surface area contributed by atoms with Gasteiger partial charge in [-0.15, -0.1) is 0 Å². The number of phenols is 3. The van der Waals surface area contributed by atoms with Crippen LogP contribution in [0.1, 0.15) is 255 Å². The number of rotatable bonds is 22. The summed E-state index contributed by atoms with van der Waals surface area (Å²) in [6.45, 7) is 52.7. The summed E-state index contributed by atoms with van der Waals surface area (Å²) < 4.78 is 24.3. The largest absolute Gasteiger partial charge is 0.508 e. The van der Waals surface area contributed by atoms with Crippen LogP contribution in [0.3, 0.4) is 0 Å². The van der Waals surface area contributed by atoms with Gasteiger partial charge in [0, 0.05) is 25.7 Å². The molecule has 0 atom stereocenters. The molecule has 0 bridgehead atoms. The summed E-state index contributed by atoms with van der Waals surface area (Å²) in [7, 11) is 0. The molecule has 0 aromatic heterocycles. The van der Waals surface area contributed by atoms with Crippen LogP contribution in [0.2, 0.25) is 0 Å². The van der Waals surface area contributed by atoms with Crippen LogP contribution in [0.5, 0.6) is 17.2 Å². The lowest BCUT2D eigenvalue weighted by molar-refractivity contribution is -0.170. The maximum absolute atomic E-state index is 14.1. The molecule has 0 aliphatic carbocycles. The van der Waals surface area contributed by atoms with Crippen LogP contribution in [-0.4, -0.2) is 70.7 Å². The SMILES string of the molecule is C=C(/C=C(\C(O)=C(/C)C(C)(C)C)C(C)(C)C)CCC(=O)OCC(COC(=O)CCc1cc(C(C)(C)C)c(O)c(C(C)(C)C)c1)(COC(=O)CCc1cc(C(C)(C)C)c(O)c(C(C)(C)C)c1)COC(=O)CCc1cc(C(C)(C)C)c(O)c(C(C)(C)C)c1. The van der Waals surface area contributed by atoms with Gasteiger partial charge in [-0.25, -0.2) is 0 Å². The smallest absolute Gasteiger partial charge is 0.306 e. The number of aliphatic hydroxyl groups excluding tert-OH is 1. The van der Waals surface area contributed by atoms with E-state index < -0.39 is 93.6 Å². The molecule has 0 spiro atoms. The van der Waals surface area contributed by atoms with Crippen molar-refractivity contribution in [3.05, 3.63) is 122 Å². The van der Waals surface area contributed by atoms with E-state index in [1.165, 1.54) is 0 Å². The van der Waals surface area contributed by atoms with E-state index in [0.29, 0.717) is 11.1 Å². The topological polar surface area (TPSA) is 186 Å². The Bertz CT molecular complexity index is 2630. The molecular weight excluding hydrogens is 1080 g/mol. The Kier molecular flexibility index (Phi) is 24.1. The van der Waals surface area contributed by atoms with E-state index in [0.717, 1.165) is 55.6 Å². The first-order valence-electron chi connectivity index (χ1n) is 30.8. The molecule has 4 N–H and O–H groups in total. The summed E-state index contributed by atoms with van der Waals surface area (Å²) in [6.07, 6.45) is 2.46. The maximum atomic E-state index is 14.1. The zero-order chi connectivity index (χ0) is 66.3. The van der Waals surface area contributed by atoms with Crippen LogP contribution in [0, 0.1) is 16.2 Å². The van der Waals surface area contributed by atoms with Crippen molar-refractivity contribution in [2.24, 2.45) is 16.2 Å². The summed E-state index contributed by atoms with van der Waals surface area (Å²) in [6, 6.07) is 11.5. The molecule has 0 fully saturated rings. The normalized spacial score (nSPS) is 13.7. The zero-order valence-corrected chi connectivity index (χ0v) is 57.8. The highest BCUT2D eigenvalue weighted by Gasteiger charge is 2.39. The molecule has 86 heavy (non-hydrogen) atoms. The summed E-state index contributed by atoms with van der Waals surface area (Å²) in [5.74, 6) is -1.62. The molecular formula is C74H112O12. The molecule has 0 radical (unpaired) electrons. The van der Waals surface area contributed by atoms with E-state index in [4.69, 9.17) is 18.9 Å². The van der Waals surface area contributed by atoms with Gasteiger partial charge in [0.15, 0.2) is 0 Å². The van der Waals surface area contributed by atoms with E-state index >= 15 is 0 Å². The predicted octanol–water partition coefficient (Wildman–Crippen LogP) is 17.1. The first kappa shape index (κ1) is 74.2. The molecule has 0 unspecified atom stereocenters. The highest BCUT2D eigenvalue weighted by atomic mass is 16.6. The summed E-state index contributed by atoms with van der Waals surface area (Å²) in [5.41, 5.74) is 4.28. The molecule has 480 valence electrons. The third-order valence-electron chi connectivity index (χ3n) is 15.9. The quantitative estimate of drug-likeness (QED) is 0.0323. The van der Waals surface area contributed by atoms with Crippen molar-refractivity contribution in [2.75, 3.05) is 26.4 Å². The fraction of sp³-hybridized carbons (Fsp3) is 0.622. The van der Waals surface area contributed by atoms with Gasteiger partial charge < -0.3 is 39.4 Å². The molecule has 0 heterocycles. The second-order valence-electron chi connectivity index (χ2n) is 32.5. The van der Waals surface area contributed by atoms with Crippen molar-refractivity contribution in [1.29, 1.82) is 0 Å². The van der Waals surface area contributed by atoms with Crippen molar-refractivity contribution in [3.8, 4) is 17.2 Å². The number of hydrogen-bond donors (Lipinski definition) is 4. The minimum atomic E-state index is -1.60. The Labute approximate surface area is 518 Å². The number of carbonyl (C=O) groups is 4. The van der Waals surface area contributed by atoms with Gasteiger partial charge in [-0.1, -0.05) is 221 Å². The molecule has 0 amide bonds. The highest BCUT2D eigenvalue weighted by molar-refractivity contribution is 5.72. The van der Waals surface area contributed by atoms with Crippen molar-refractivity contribution in [2.45, 2.75) is 257 Å². The van der Waals surface area contributed by atoms with Crippen LogP contribution < -0.4 is 0 Å². The number of carbonyl (C=O) groups excluding carboxylic acids is 4. The molecule has 0 saturated heterocycles. The lowest BCUT2D eigenvalue weighted by Crippen LogP contribution is -2.44. The predicted molar refractivity (Wildman–Crippen MR) is 348 cm³/mol. The number of phenolic OH excluding ortho intramolecular Hbond substituents is 3. The van der Waals surface area contributed by atoms with Gasteiger partial charge in [0.1, 0.15) is 54.9 Å². The molecule has 12 heteroatoms. The van der Waals surface area contributed by atoms with Crippen molar-refractivity contribution >= 4 is 23.9 Å². The maximum Gasteiger partial charge on any atom is 0.306 e. The van der Waals surface area contributed by atoms with Crippen LogP contribution in [-0.2, 0) is 89.9 Å². The van der Waals surface area contributed by atoms with Crippen LogP contribution in [0.4, 0.5) is 0 Å². The summed E-state index contributed by atoms with van der Waals surface area (Å²) in [5, 5.41) is 45.8. The number of aromatic hydroxyl groups is 3. The average molecular weight is 1190 g/mol.